The summed E-state index contributed by atoms with van der Waals surface area (Å²) in [4.78, 5) is 11.8. The van der Waals surface area contributed by atoms with Crippen LogP contribution in [-0.4, -0.2) is 25.4 Å². The highest BCUT2D eigenvalue weighted by Gasteiger charge is 2.13. The first kappa shape index (κ1) is 11.9. The Morgan fingerprint density at radius 1 is 1.53 bits per heavy atom. The first-order chi connectivity index (χ1) is 7.20. The van der Waals surface area contributed by atoms with E-state index in [4.69, 9.17) is 16.3 Å². The van der Waals surface area contributed by atoms with Gasteiger partial charge in [0.2, 0.25) is 0 Å². The number of rotatable bonds is 4. The second-order valence-electron chi connectivity index (χ2n) is 3.10. The van der Waals surface area contributed by atoms with Crippen LogP contribution in [0.1, 0.15) is 15.9 Å². The molecule has 0 aromatic heterocycles. The molecule has 1 rings (SSSR count). The molecular weight excluding hydrogens is 214 g/mol. The zero-order valence-corrected chi connectivity index (χ0v) is 9.60. The van der Waals surface area contributed by atoms with Gasteiger partial charge >= 0.3 is 0 Å². The smallest absolute Gasteiger partial charge is 0.255 e. The zero-order chi connectivity index (χ0) is 11.3. The van der Waals surface area contributed by atoms with Crippen LogP contribution in [0.4, 0.5) is 0 Å². The standard InChI is InChI=1S/C11H14ClNO2/c1-8-4-3-5-9(15-2)10(8)11(14)13-7-6-12/h3-5H,6-7H2,1-2H3,(H,13,14). The fourth-order valence-corrected chi connectivity index (χ4v) is 1.45. The van der Waals surface area contributed by atoms with Crippen LogP contribution in [0.25, 0.3) is 0 Å². The molecule has 0 saturated heterocycles. The first-order valence-corrected chi connectivity index (χ1v) is 5.22. The number of alkyl halides is 1. The molecule has 0 bridgehead atoms. The number of nitrogens with one attached hydrogen (secondary N) is 1. The molecule has 0 aliphatic carbocycles. The summed E-state index contributed by atoms with van der Waals surface area (Å²) in [5, 5.41) is 2.71. The van der Waals surface area contributed by atoms with Gasteiger partial charge in [0.15, 0.2) is 0 Å². The van der Waals surface area contributed by atoms with E-state index in [9.17, 15) is 4.79 Å². The third-order valence-electron chi connectivity index (χ3n) is 2.06. The highest BCUT2D eigenvalue weighted by atomic mass is 35.5. The normalized spacial score (nSPS) is 9.80. The van der Waals surface area contributed by atoms with Crippen molar-refractivity contribution in [3.8, 4) is 5.75 Å². The summed E-state index contributed by atoms with van der Waals surface area (Å²) >= 11 is 5.50. The van der Waals surface area contributed by atoms with E-state index in [1.807, 2.05) is 19.1 Å². The second-order valence-corrected chi connectivity index (χ2v) is 3.48. The number of benzene rings is 1. The number of carbonyl (C=O) groups is 1. The molecule has 0 unspecified atom stereocenters. The number of halogens is 1. The highest BCUT2D eigenvalue weighted by molar-refractivity contribution is 6.18. The predicted octanol–water partition coefficient (Wildman–Crippen LogP) is 1.97. The Labute approximate surface area is 94.4 Å². The van der Waals surface area contributed by atoms with Crippen molar-refractivity contribution in [2.45, 2.75) is 6.92 Å². The van der Waals surface area contributed by atoms with Gasteiger partial charge in [-0.2, -0.15) is 0 Å². The summed E-state index contributed by atoms with van der Waals surface area (Å²) in [7, 11) is 1.55. The molecule has 15 heavy (non-hydrogen) atoms. The first-order valence-electron chi connectivity index (χ1n) is 4.68. The Bertz CT molecular complexity index is 352. The lowest BCUT2D eigenvalue weighted by Crippen LogP contribution is -2.26. The van der Waals surface area contributed by atoms with Crippen molar-refractivity contribution in [2.24, 2.45) is 0 Å². The van der Waals surface area contributed by atoms with Crippen molar-refractivity contribution in [2.75, 3.05) is 19.5 Å². The highest BCUT2D eigenvalue weighted by Crippen LogP contribution is 2.21. The Balaban J connectivity index is 2.95. The molecule has 0 atom stereocenters. The van der Waals surface area contributed by atoms with Crippen molar-refractivity contribution in [3.05, 3.63) is 29.3 Å². The number of aryl methyl sites for hydroxylation is 1. The quantitative estimate of drug-likeness (QED) is 0.799. The van der Waals surface area contributed by atoms with Crippen LogP contribution in [0.3, 0.4) is 0 Å². The molecule has 3 nitrogen and oxygen atoms in total. The van der Waals surface area contributed by atoms with Gasteiger partial charge in [0, 0.05) is 12.4 Å². The molecule has 1 aromatic rings. The Morgan fingerprint density at radius 2 is 2.27 bits per heavy atom. The van der Waals surface area contributed by atoms with Gasteiger partial charge in [0.1, 0.15) is 5.75 Å². The van der Waals surface area contributed by atoms with E-state index in [0.29, 0.717) is 23.7 Å². The minimum absolute atomic E-state index is 0.148. The average Bonchev–Trinajstić information content (AvgIpc) is 2.25. The number of amides is 1. The van der Waals surface area contributed by atoms with E-state index in [1.54, 1.807) is 13.2 Å². The maximum atomic E-state index is 11.8. The van der Waals surface area contributed by atoms with Gasteiger partial charge in [-0.25, -0.2) is 0 Å². The van der Waals surface area contributed by atoms with E-state index in [0.717, 1.165) is 5.56 Å². The van der Waals surface area contributed by atoms with Gasteiger partial charge in [-0.05, 0) is 18.6 Å². The lowest BCUT2D eigenvalue weighted by Gasteiger charge is -2.10. The predicted molar refractivity (Wildman–Crippen MR) is 60.8 cm³/mol. The average molecular weight is 228 g/mol. The maximum absolute atomic E-state index is 11.8. The van der Waals surface area contributed by atoms with Gasteiger partial charge in [-0.15, -0.1) is 11.6 Å². The van der Waals surface area contributed by atoms with Gasteiger partial charge in [0.25, 0.3) is 5.91 Å². The molecular formula is C11H14ClNO2. The van der Waals surface area contributed by atoms with E-state index < -0.39 is 0 Å². The fourth-order valence-electron chi connectivity index (χ4n) is 1.35. The Kier molecular flexibility index (Phi) is 4.43. The number of hydrogen-bond donors (Lipinski definition) is 1. The number of carbonyl (C=O) groups excluding carboxylic acids is 1. The van der Waals surface area contributed by atoms with E-state index in [-0.39, 0.29) is 5.91 Å². The van der Waals surface area contributed by atoms with Crippen molar-refractivity contribution < 1.29 is 9.53 Å². The summed E-state index contributed by atoms with van der Waals surface area (Å²) < 4.78 is 5.13. The molecule has 0 spiro atoms. The molecule has 82 valence electrons. The minimum atomic E-state index is -0.148. The summed E-state index contributed by atoms with van der Waals surface area (Å²) in [6.45, 7) is 2.33. The third-order valence-corrected chi connectivity index (χ3v) is 2.25. The van der Waals surface area contributed by atoms with Crippen LogP contribution in [0.2, 0.25) is 0 Å². The second kappa shape index (κ2) is 5.61. The molecule has 0 aliphatic heterocycles. The maximum Gasteiger partial charge on any atom is 0.255 e. The summed E-state index contributed by atoms with van der Waals surface area (Å²) in [5.74, 6) is 0.840. The van der Waals surface area contributed by atoms with E-state index in [1.165, 1.54) is 0 Å². The largest absolute Gasteiger partial charge is 0.496 e. The van der Waals surface area contributed by atoms with Crippen molar-refractivity contribution >= 4 is 17.5 Å². The summed E-state index contributed by atoms with van der Waals surface area (Å²) in [6, 6.07) is 5.49. The van der Waals surface area contributed by atoms with Crippen molar-refractivity contribution in [1.29, 1.82) is 0 Å². The van der Waals surface area contributed by atoms with Gasteiger partial charge < -0.3 is 10.1 Å². The monoisotopic (exact) mass is 227 g/mol. The van der Waals surface area contributed by atoms with E-state index >= 15 is 0 Å². The fraction of sp³-hybridized carbons (Fsp3) is 0.364. The summed E-state index contributed by atoms with van der Waals surface area (Å²) in [5.41, 5.74) is 1.46. The Hall–Kier alpha value is -1.22. The number of methoxy groups -OCH3 is 1. The number of ether oxygens (including phenoxy) is 1. The minimum Gasteiger partial charge on any atom is -0.496 e. The summed E-state index contributed by atoms with van der Waals surface area (Å²) in [6.07, 6.45) is 0. The molecule has 4 heteroatoms. The van der Waals surface area contributed by atoms with Crippen LogP contribution in [0.15, 0.2) is 18.2 Å². The molecule has 0 fully saturated rings. The lowest BCUT2D eigenvalue weighted by atomic mass is 10.1. The number of hydrogen-bond acceptors (Lipinski definition) is 2. The van der Waals surface area contributed by atoms with Crippen molar-refractivity contribution in [1.82, 2.24) is 5.32 Å². The van der Waals surface area contributed by atoms with Crippen LogP contribution < -0.4 is 10.1 Å². The van der Waals surface area contributed by atoms with Gasteiger partial charge in [-0.3, -0.25) is 4.79 Å². The topological polar surface area (TPSA) is 38.3 Å². The molecule has 1 N–H and O–H groups in total. The van der Waals surface area contributed by atoms with Gasteiger partial charge in [0.05, 0.1) is 12.7 Å². The van der Waals surface area contributed by atoms with Crippen LogP contribution in [-0.2, 0) is 0 Å². The Morgan fingerprint density at radius 3 is 2.87 bits per heavy atom. The van der Waals surface area contributed by atoms with Gasteiger partial charge in [-0.1, -0.05) is 12.1 Å². The molecule has 1 amide bonds. The molecule has 0 heterocycles. The SMILES string of the molecule is COc1cccc(C)c1C(=O)NCCCl. The lowest BCUT2D eigenvalue weighted by molar-refractivity contribution is 0.0952. The van der Waals surface area contributed by atoms with Crippen LogP contribution in [0.5, 0.6) is 5.75 Å². The molecule has 0 radical (unpaired) electrons. The van der Waals surface area contributed by atoms with E-state index in [2.05, 4.69) is 5.32 Å². The van der Waals surface area contributed by atoms with Crippen LogP contribution >= 0.6 is 11.6 Å². The molecule has 0 aliphatic rings. The third kappa shape index (κ3) is 2.86. The van der Waals surface area contributed by atoms with Crippen molar-refractivity contribution in [3.63, 3.8) is 0 Å². The molecule has 1 aromatic carbocycles. The molecule has 0 saturated carbocycles. The van der Waals surface area contributed by atoms with Crippen LogP contribution in [0, 0.1) is 6.92 Å². The zero-order valence-electron chi connectivity index (χ0n) is 8.84.